The van der Waals surface area contributed by atoms with Crippen LogP contribution in [0.3, 0.4) is 0 Å². The molecule has 1 aliphatic carbocycles. The van der Waals surface area contributed by atoms with Crippen LogP contribution in [0.5, 0.6) is 0 Å². The predicted molar refractivity (Wildman–Crippen MR) is 54.9 cm³/mol. The highest BCUT2D eigenvalue weighted by Crippen LogP contribution is 2.17. The lowest BCUT2D eigenvalue weighted by molar-refractivity contribution is 1.35. The molecule has 0 aromatic carbocycles. The normalized spacial score (nSPS) is 16.1. The van der Waals surface area contributed by atoms with Crippen LogP contribution in [-0.2, 0) is 0 Å². The van der Waals surface area contributed by atoms with Gasteiger partial charge in [0.15, 0.2) is 0 Å². The third-order valence-corrected chi connectivity index (χ3v) is 1.92. The van der Waals surface area contributed by atoms with E-state index in [1.807, 2.05) is 36.4 Å². The summed E-state index contributed by atoms with van der Waals surface area (Å²) in [5.41, 5.74) is 1.72. The van der Waals surface area contributed by atoms with Crippen molar-refractivity contribution in [2.24, 2.45) is 0 Å². The minimum absolute atomic E-state index is 0.454. The summed E-state index contributed by atoms with van der Waals surface area (Å²) in [5.74, 6) is 0. The van der Waals surface area contributed by atoms with E-state index in [2.05, 4.69) is 6.07 Å². The zero-order valence-corrected chi connectivity index (χ0v) is 7.99. The molecule has 2 heteroatoms. The zero-order valence-electron chi connectivity index (χ0n) is 7.99. The highest BCUT2D eigenvalue weighted by Gasteiger charge is 2.05. The molecule has 1 rings (SSSR count). The molecule has 0 spiro atoms. The summed E-state index contributed by atoms with van der Waals surface area (Å²) >= 11 is 0. The number of allylic oxidation sites excluding steroid dienone is 8. The van der Waals surface area contributed by atoms with E-state index in [0.717, 1.165) is 12.0 Å². The number of hydrogen-bond donors (Lipinski definition) is 0. The van der Waals surface area contributed by atoms with Crippen molar-refractivity contribution in [3.63, 3.8) is 0 Å². The van der Waals surface area contributed by atoms with Gasteiger partial charge in [0.2, 0.25) is 0 Å². The van der Waals surface area contributed by atoms with Crippen LogP contribution in [0.25, 0.3) is 0 Å². The van der Waals surface area contributed by atoms with Crippen molar-refractivity contribution in [1.29, 1.82) is 10.5 Å². The summed E-state index contributed by atoms with van der Waals surface area (Å²) in [4.78, 5) is 0. The van der Waals surface area contributed by atoms with E-state index >= 15 is 0 Å². The third-order valence-electron chi connectivity index (χ3n) is 1.92. The lowest BCUT2D eigenvalue weighted by Crippen LogP contribution is -1.87. The van der Waals surface area contributed by atoms with Crippen LogP contribution in [0.15, 0.2) is 47.1 Å². The van der Waals surface area contributed by atoms with Crippen LogP contribution >= 0.6 is 0 Å². The van der Waals surface area contributed by atoms with Gasteiger partial charge >= 0.3 is 0 Å². The van der Waals surface area contributed by atoms with Crippen LogP contribution in [0.1, 0.15) is 13.3 Å². The van der Waals surface area contributed by atoms with E-state index in [-0.39, 0.29) is 0 Å². The number of nitriles is 2. The molecule has 0 aromatic heterocycles. The fourth-order valence-corrected chi connectivity index (χ4v) is 1.17. The maximum Gasteiger partial charge on any atom is 0.101 e. The molecule has 0 amide bonds. The Bertz CT molecular complexity index is 420. The Kier molecular flexibility index (Phi) is 3.47. The first-order chi connectivity index (χ1) is 6.79. The van der Waals surface area contributed by atoms with Gasteiger partial charge in [0.25, 0.3) is 0 Å². The smallest absolute Gasteiger partial charge is 0.101 e. The van der Waals surface area contributed by atoms with Gasteiger partial charge in [-0.25, -0.2) is 0 Å². The maximum atomic E-state index is 8.91. The van der Waals surface area contributed by atoms with Gasteiger partial charge in [-0.1, -0.05) is 30.4 Å². The van der Waals surface area contributed by atoms with E-state index < -0.39 is 0 Å². The second-order valence-corrected chi connectivity index (χ2v) is 2.91. The minimum atomic E-state index is 0.454. The Balaban J connectivity index is 3.17. The number of hydrogen-bond acceptors (Lipinski definition) is 2. The van der Waals surface area contributed by atoms with Gasteiger partial charge in [0.05, 0.1) is 11.6 Å². The molecule has 0 saturated heterocycles. The highest BCUT2D eigenvalue weighted by molar-refractivity contribution is 5.55. The van der Waals surface area contributed by atoms with E-state index in [4.69, 9.17) is 10.5 Å². The van der Waals surface area contributed by atoms with Gasteiger partial charge in [-0.2, -0.15) is 10.5 Å². The fraction of sp³-hybridized carbons (Fsp3) is 0.167. The molecular weight excluding hydrogens is 172 g/mol. The molecule has 2 nitrogen and oxygen atoms in total. The Morgan fingerprint density at radius 1 is 1.29 bits per heavy atom. The second kappa shape index (κ2) is 4.84. The van der Waals surface area contributed by atoms with Crippen LogP contribution in [0, 0.1) is 22.7 Å². The lowest BCUT2D eigenvalue weighted by atomic mass is 10.0. The molecule has 0 radical (unpaired) electrons. The average molecular weight is 182 g/mol. The Labute approximate surface area is 83.8 Å². The predicted octanol–water partition coefficient (Wildman–Crippen LogP) is 2.79. The summed E-state index contributed by atoms with van der Waals surface area (Å²) in [6.45, 7) is 1.65. The summed E-state index contributed by atoms with van der Waals surface area (Å²) in [5, 5.41) is 17.6. The van der Waals surface area contributed by atoms with Crippen LogP contribution in [0.4, 0.5) is 0 Å². The molecule has 14 heavy (non-hydrogen) atoms. The first-order valence-electron chi connectivity index (χ1n) is 4.34. The summed E-state index contributed by atoms with van der Waals surface area (Å²) in [6, 6.07) is 4.05. The van der Waals surface area contributed by atoms with E-state index in [9.17, 15) is 0 Å². The second-order valence-electron chi connectivity index (χ2n) is 2.91. The monoisotopic (exact) mass is 182 g/mol. The van der Waals surface area contributed by atoms with E-state index in [0.29, 0.717) is 11.1 Å². The van der Waals surface area contributed by atoms with Gasteiger partial charge in [-0.3, -0.25) is 0 Å². The molecule has 0 bridgehead atoms. The van der Waals surface area contributed by atoms with Crippen molar-refractivity contribution >= 4 is 0 Å². The van der Waals surface area contributed by atoms with Gasteiger partial charge < -0.3 is 0 Å². The Morgan fingerprint density at radius 2 is 2.07 bits per heavy atom. The molecule has 1 aliphatic rings. The highest BCUT2D eigenvalue weighted by atomic mass is 14.3. The average Bonchev–Trinajstić information content (AvgIpc) is 2.47. The molecule has 0 fully saturated rings. The summed E-state index contributed by atoms with van der Waals surface area (Å²) in [7, 11) is 0. The van der Waals surface area contributed by atoms with Crippen molar-refractivity contribution in [1.82, 2.24) is 0 Å². The number of rotatable bonds is 1. The molecule has 0 N–H and O–H groups in total. The lowest BCUT2D eigenvalue weighted by Gasteiger charge is -1.98. The van der Waals surface area contributed by atoms with Gasteiger partial charge in [0, 0.05) is 5.57 Å². The van der Waals surface area contributed by atoms with Gasteiger partial charge in [0.1, 0.15) is 6.07 Å². The van der Waals surface area contributed by atoms with Crippen molar-refractivity contribution in [2.75, 3.05) is 0 Å². The van der Waals surface area contributed by atoms with E-state index in [1.165, 1.54) is 0 Å². The van der Waals surface area contributed by atoms with Gasteiger partial charge in [-0.05, 0) is 18.9 Å². The first kappa shape index (κ1) is 10.0. The third kappa shape index (κ3) is 2.21. The fourth-order valence-electron chi connectivity index (χ4n) is 1.17. The van der Waals surface area contributed by atoms with Crippen LogP contribution in [-0.4, -0.2) is 0 Å². The molecule has 0 aromatic rings. The minimum Gasteiger partial charge on any atom is -0.193 e. The molecule has 0 unspecified atom stereocenters. The number of nitrogens with zero attached hydrogens (tertiary/aromatic N) is 2. The summed E-state index contributed by atoms with van der Waals surface area (Å²) in [6.07, 6.45) is 10.5. The SMILES string of the molecule is C/C(C#N)=C(\C#N)C1=CC=CCC=C1. The largest absolute Gasteiger partial charge is 0.193 e. The molecule has 68 valence electrons. The topological polar surface area (TPSA) is 47.6 Å². The molecule has 0 saturated carbocycles. The molecule has 0 atom stereocenters. The van der Waals surface area contributed by atoms with Crippen molar-refractivity contribution in [3.8, 4) is 12.1 Å². The summed E-state index contributed by atoms with van der Waals surface area (Å²) < 4.78 is 0. The quantitative estimate of drug-likeness (QED) is 0.585. The van der Waals surface area contributed by atoms with Crippen molar-refractivity contribution in [2.45, 2.75) is 13.3 Å². The first-order valence-corrected chi connectivity index (χ1v) is 4.34. The van der Waals surface area contributed by atoms with Gasteiger partial charge in [-0.15, -0.1) is 0 Å². The molecule has 0 aliphatic heterocycles. The van der Waals surface area contributed by atoms with Crippen molar-refractivity contribution < 1.29 is 0 Å². The molecule has 0 heterocycles. The van der Waals surface area contributed by atoms with Crippen molar-refractivity contribution in [3.05, 3.63) is 47.1 Å². The Morgan fingerprint density at radius 3 is 2.71 bits per heavy atom. The van der Waals surface area contributed by atoms with Crippen LogP contribution < -0.4 is 0 Å². The van der Waals surface area contributed by atoms with Crippen LogP contribution in [0.2, 0.25) is 0 Å². The Hall–Kier alpha value is -2.06. The maximum absolute atomic E-state index is 8.91. The standard InChI is InChI=1S/C12H10N2/c1-10(8-13)12(9-14)11-6-4-2-3-5-7-11/h2,4-7H,3H2,1H3/b12-10-. The zero-order chi connectivity index (χ0) is 10.4. The molecular formula is C12H10N2. The van der Waals surface area contributed by atoms with E-state index in [1.54, 1.807) is 6.92 Å².